The van der Waals surface area contributed by atoms with Crippen LogP contribution < -0.4 is 21.3 Å². The third-order valence-corrected chi connectivity index (χ3v) is 30.2. The van der Waals surface area contributed by atoms with Gasteiger partial charge in [-0.3, -0.25) is 14.4 Å². The van der Waals surface area contributed by atoms with Gasteiger partial charge in [0, 0.05) is 158 Å². The number of rotatable bonds is 74. The van der Waals surface area contributed by atoms with Gasteiger partial charge in [-0.25, -0.2) is 43.2 Å². The molecular formula is C84H148N4O36Si4. The molecule has 0 aliphatic rings. The van der Waals surface area contributed by atoms with Crippen molar-refractivity contribution < 1.29 is 167 Å². The molecule has 0 aromatic heterocycles. The fraction of sp³-hybridized carbons (Fsp3) is 0.738. The maximum atomic E-state index is 14.1. The van der Waals surface area contributed by atoms with Crippen LogP contribution in [-0.2, 0) is 148 Å². The van der Waals surface area contributed by atoms with E-state index in [9.17, 15) is 57.5 Å². The second-order valence-electron chi connectivity index (χ2n) is 30.5. The summed E-state index contributed by atoms with van der Waals surface area (Å²) in [7, 11) is -12.4. The van der Waals surface area contributed by atoms with Gasteiger partial charge in [-0.2, -0.15) is 0 Å². The Morgan fingerprint density at radius 2 is 0.414 bits per heavy atom. The highest BCUT2D eigenvalue weighted by Gasteiger charge is 2.45. The maximum Gasteiger partial charge on any atom is 0.500 e. The molecule has 0 spiro atoms. The Morgan fingerprint density at radius 1 is 0.258 bits per heavy atom. The Balaban J connectivity index is 6.82. The van der Waals surface area contributed by atoms with Gasteiger partial charge < -0.3 is 131 Å². The summed E-state index contributed by atoms with van der Waals surface area (Å²) in [5, 5.41) is 10.4. The molecule has 736 valence electrons. The van der Waals surface area contributed by atoms with Gasteiger partial charge in [-0.1, -0.05) is 32.9 Å². The molecular weight excluding hydrogens is 1750 g/mol. The van der Waals surface area contributed by atoms with Crippen LogP contribution in [0.25, 0.3) is 0 Å². The van der Waals surface area contributed by atoms with Gasteiger partial charge in [0.1, 0.15) is 52.9 Å². The predicted molar refractivity (Wildman–Crippen MR) is 473 cm³/mol. The van der Waals surface area contributed by atoms with E-state index in [4.69, 9.17) is 110 Å². The average molecular weight is 1900 g/mol. The van der Waals surface area contributed by atoms with E-state index in [-0.39, 0.29) is 66.9 Å². The van der Waals surface area contributed by atoms with E-state index in [1.54, 1.807) is 41.5 Å². The summed E-state index contributed by atoms with van der Waals surface area (Å²) in [6.07, 6.45) is -9.47. The first kappa shape index (κ1) is 120. The molecule has 40 nitrogen and oxygen atoms in total. The molecule has 0 aliphatic carbocycles. The van der Waals surface area contributed by atoms with Gasteiger partial charge in [-0.05, 0) is 183 Å². The van der Waals surface area contributed by atoms with E-state index < -0.39 is 207 Å². The number of alkyl carbamates (subject to hydrolysis) is 4. The van der Waals surface area contributed by atoms with Crippen molar-refractivity contribution in [1.29, 1.82) is 0 Å². The second kappa shape index (κ2) is 64.7. The number of carbonyl (C=O) groups excluding carboxylic acids is 12. The zero-order valence-electron chi connectivity index (χ0n) is 79.3. The maximum absolute atomic E-state index is 14.1. The number of hydrogen-bond acceptors (Lipinski definition) is 36. The highest BCUT2D eigenvalue weighted by molar-refractivity contribution is 6.62. The first-order valence-corrected chi connectivity index (χ1v) is 51.3. The molecule has 0 fully saturated rings. The number of carbonyl (C=O) groups is 12. The molecule has 0 aliphatic heterocycles. The van der Waals surface area contributed by atoms with E-state index >= 15 is 0 Å². The third-order valence-electron chi connectivity index (χ3n) is 17.6. The molecule has 0 radical (unpaired) electrons. The van der Waals surface area contributed by atoms with Crippen LogP contribution in [0.2, 0.25) is 24.2 Å². The van der Waals surface area contributed by atoms with E-state index in [0.29, 0.717) is 129 Å². The van der Waals surface area contributed by atoms with Crippen molar-refractivity contribution in [2.45, 2.75) is 232 Å². The molecule has 0 bridgehead atoms. The van der Waals surface area contributed by atoms with Gasteiger partial charge in [0.15, 0.2) is 24.4 Å². The zero-order valence-corrected chi connectivity index (χ0v) is 83.3. The summed E-state index contributed by atoms with van der Waals surface area (Å²) in [5.74, 6) is -7.66. The summed E-state index contributed by atoms with van der Waals surface area (Å²) in [6.45, 7) is 50.4. The lowest BCUT2D eigenvalue weighted by atomic mass is 9.86. The lowest BCUT2D eigenvalue weighted by Crippen LogP contribution is -2.46. The SMILES string of the molecule is C=C(C)C(=O)OCC(COC(=O)C(=C)CC(C)(C)C(=O)OCC(COC(=O)C(=C)CC(C)(C)C(=O)OCC(COC(=O)C(=C)CC(C)(C)C(=O)OCC(COC(=O)C(=C)C)OC(=O)NCCC[Si](OCC)(OCC)OCC)OC(=O)NCCC[Si](OCC)(OCC)OCC)OC(=O)NCCC[Si](OCC)(OCC)OCC)OC(=O)NCCC[Si](OCC)(OCC)OCC. The highest BCUT2D eigenvalue weighted by Crippen LogP contribution is 2.32. The largest absolute Gasteiger partial charge is 0.500 e. The van der Waals surface area contributed by atoms with Crippen molar-refractivity contribution in [3.63, 3.8) is 0 Å². The monoisotopic (exact) mass is 1900 g/mol. The molecule has 0 heterocycles. The van der Waals surface area contributed by atoms with Crippen LogP contribution in [0, 0.1) is 16.2 Å². The minimum Gasteiger partial charge on any atom is -0.461 e. The van der Waals surface area contributed by atoms with E-state index in [1.165, 1.54) is 55.4 Å². The fourth-order valence-electron chi connectivity index (χ4n) is 11.7. The van der Waals surface area contributed by atoms with E-state index in [2.05, 4.69) is 54.2 Å². The fourth-order valence-corrected chi connectivity index (χ4v) is 22.2. The van der Waals surface area contributed by atoms with Crippen molar-refractivity contribution in [1.82, 2.24) is 21.3 Å². The van der Waals surface area contributed by atoms with E-state index in [1.807, 2.05) is 41.5 Å². The van der Waals surface area contributed by atoms with Crippen molar-refractivity contribution in [2.24, 2.45) is 16.2 Å². The molecule has 0 aromatic rings. The Hall–Kier alpha value is -8.07. The molecule has 0 aromatic carbocycles. The quantitative estimate of drug-likeness (QED) is 0.0144. The summed E-state index contributed by atoms with van der Waals surface area (Å²) in [4.78, 5) is 161. The minimum atomic E-state index is -3.14. The van der Waals surface area contributed by atoms with Crippen LogP contribution in [-0.4, -0.2) is 290 Å². The van der Waals surface area contributed by atoms with E-state index in [0.717, 1.165) is 0 Å². The summed E-state index contributed by atoms with van der Waals surface area (Å²) in [6, 6.07) is 1.38. The lowest BCUT2D eigenvalue weighted by Gasteiger charge is -2.28. The van der Waals surface area contributed by atoms with Crippen molar-refractivity contribution in [3.8, 4) is 0 Å². The Morgan fingerprint density at radius 3 is 0.570 bits per heavy atom. The predicted octanol–water partition coefficient (Wildman–Crippen LogP) is 10.5. The molecule has 4 amide bonds. The van der Waals surface area contributed by atoms with Crippen molar-refractivity contribution >= 4 is 107 Å². The first-order chi connectivity index (χ1) is 60.4. The average Bonchev–Trinajstić information content (AvgIpc) is 0.856. The topological polar surface area (TPSA) is 474 Å². The molecule has 0 saturated carbocycles. The molecule has 0 rings (SSSR count). The normalized spacial score (nSPS) is 12.8. The first-order valence-electron chi connectivity index (χ1n) is 43.5. The standard InChI is InChI=1S/C84H148N4O36Si4/c1-26-109-125(110-27-2,111-28-3)46-38-42-85-78(97)121-66(53-101-70(89)61(13)14)55-103-72(91)63(17)50-83(22,23)76(95)107-59-68(123-80(99)87-44-40-48-127(115-32-7,116-33-8)117-34-9)57-105-74(93)65(19)52-84(24,25)77(96)108-60-69(124-81(100)88-45-41-49-128(118-35-10,119-36-11)120-37-12)56-104-73(92)64(18)51-82(20,21)75(94)106-58-67(54-102-71(90)62(15)16)122-79(98)86-43-39-47-126(112-29-4,113-30-5)114-31-6/h66-69H,13,15,17-19,26-60H2,1-12,14,16,20-25H3,(H,85,97)(H,86,98)(H,87,99)(H,88,100). The Kier molecular flexibility index (Phi) is 60.6. The van der Waals surface area contributed by atoms with Crippen LogP contribution in [0.3, 0.4) is 0 Å². The number of esters is 8. The third kappa shape index (κ3) is 49.3. The number of nitrogens with one attached hydrogen (secondary N) is 4. The Labute approximate surface area is 759 Å². The molecule has 44 heteroatoms. The highest BCUT2D eigenvalue weighted by atomic mass is 28.4. The second-order valence-corrected chi connectivity index (χ2v) is 41.4. The van der Waals surface area contributed by atoms with Gasteiger partial charge >= 0.3 is 107 Å². The van der Waals surface area contributed by atoms with Crippen molar-refractivity contribution in [2.75, 3.05) is 158 Å². The van der Waals surface area contributed by atoms with Crippen LogP contribution in [0.1, 0.15) is 183 Å². The smallest absolute Gasteiger partial charge is 0.461 e. The summed E-state index contributed by atoms with van der Waals surface area (Å²) >= 11 is 0. The Bertz CT molecular complexity index is 3410. The molecule has 4 unspecified atom stereocenters. The number of hydrogen-bond donors (Lipinski definition) is 4. The molecule has 0 saturated heterocycles. The zero-order chi connectivity index (χ0) is 97.2. The van der Waals surface area contributed by atoms with Crippen LogP contribution in [0.4, 0.5) is 19.2 Å². The summed E-state index contributed by atoms with van der Waals surface area (Å²) < 4.78 is 137. The minimum absolute atomic E-state index is 0.0151. The van der Waals surface area contributed by atoms with Gasteiger partial charge in [0.2, 0.25) is 0 Å². The number of ether oxygens (including phenoxy) is 12. The van der Waals surface area contributed by atoms with Gasteiger partial charge in [0.25, 0.3) is 0 Å². The lowest BCUT2D eigenvalue weighted by molar-refractivity contribution is -0.160. The summed E-state index contributed by atoms with van der Waals surface area (Å²) in [5.41, 5.74) is -5.43. The van der Waals surface area contributed by atoms with Crippen LogP contribution in [0.5, 0.6) is 0 Å². The van der Waals surface area contributed by atoms with Crippen molar-refractivity contribution in [3.05, 3.63) is 60.8 Å². The molecule has 4 N–H and O–H groups in total. The van der Waals surface area contributed by atoms with Crippen LogP contribution in [0.15, 0.2) is 60.8 Å². The molecule has 128 heavy (non-hydrogen) atoms. The molecule has 4 atom stereocenters. The number of amides is 4. The van der Waals surface area contributed by atoms with Crippen LogP contribution >= 0.6 is 0 Å². The van der Waals surface area contributed by atoms with Gasteiger partial charge in [-0.15, -0.1) is 0 Å². The van der Waals surface area contributed by atoms with Gasteiger partial charge in [0.05, 0.1) is 16.2 Å².